The van der Waals surface area contributed by atoms with Crippen molar-refractivity contribution in [2.45, 2.75) is 12.5 Å². The molecule has 5 nitrogen and oxygen atoms in total. The van der Waals surface area contributed by atoms with Crippen LogP contribution in [0.25, 0.3) is 0 Å². The monoisotopic (exact) mass is 265 g/mol. The summed E-state index contributed by atoms with van der Waals surface area (Å²) in [5.41, 5.74) is -0.0240. The summed E-state index contributed by atoms with van der Waals surface area (Å²) in [4.78, 5) is 13.5. The molecule has 19 heavy (non-hydrogen) atoms. The molecule has 1 amide bonds. The lowest BCUT2D eigenvalue weighted by Gasteiger charge is -2.27. The van der Waals surface area contributed by atoms with Crippen molar-refractivity contribution in [1.29, 1.82) is 0 Å². The van der Waals surface area contributed by atoms with Crippen LogP contribution in [0.4, 0.5) is 5.69 Å². The summed E-state index contributed by atoms with van der Waals surface area (Å²) in [5, 5.41) is 15.8. The van der Waals surface area contributed by atoms with E-state index in [1.165, 1.54) is 0 Å². The first-order valence-corrected chi connectivity index (χ1v) is 6.32. The molecule has 3 N–H and O–H groups in total. The predicted octanol–water partition coefficient (Wildman–Crippen LogP) is 0.527. The highest BCUT2D eigenvalue weighted by Crippen LogP contribution is 2.04. The number of nitrogens with zero attached hydrogens (tertiary/aromatic N) is 1. The molecular weight excluding hydrogens is 242 g/mol. The fourth-order valence-corrected chi connectivity index (χ4v) is 1.83. The second-order valence-electron chi connectivity index (χ2n) is 5.23. The molecule has 0 bridgehead atoms. The van der Waals surface area contributed by atoms with Gasteiger partial charge in [-0.25, -0.2) is 0 Å². The van der Waals surface area contributed by atoms with Crippen LogP contribution in [0.1, 0.15) is 6.92 Å². The summed E-state index contributed by atoms with van der Waals surface area (Å²) in [7, 11) is 3.76. The molecule has 0 aliphatic carbocycles. The van der Waals surface area contributed by atoms with Crippen LogP contribution in [0.5, 0.6) is 0 Å². The third-order valence-electron chi connectivity index (χ3n) is 2.55. The maximum atomic E-state index is 11.7. The number of hydrogen-bond donors (Lipinski definition) is 3. The zero-order valence-electron chi connectivity index (χ0n) is 11.8. The van der Waals surface area contributed by atoms with E-state index >= 15 is 0 Å². The number of rotatable bonds is 7. The SMILES string of the molecule is CN(C)CC(C)(O)CNC(=O)CNc1ccccc1. The molecule has 5 heteroatoms. The number of nitrogens with one attached hydrogen (secondary N) is 2. The molecule has 0 fully saturated rings. The quantitative estimate of drug-likeness (QED) is 0.673. The van der Waals surface area contributed by atoms with Crippen LogP contribution in [0.2, 0.25) is 0 Å². The molecule has 0 saturated heterocycles. The number of aliphatic hydroxyl groups is 1. The van der Waals surface area contributed by atoms with Gasteiger partial charge in [-0.2, -0.15) is 0 Å². The predicted molar refractivity (Wildman–Crippen MR) is 77.1 cm³/mol. The van der Waals surface area contributed by atoms with Crippen LogP contribution in [-0.4, -0.2) is 55.2 Å². The number of carbonyl (C=O) groups is 1. The Labute approximate surface area is 114 Å². The molecule has 1 unspecified atom stereocenters. The number of carbonyl (C=O) groups excluding carboxylic acids is 1. The molecule has 0 heterocycles. The third kappa shape index (κ3) is 6.79. The van der Waals surface area contributed by atoms with Crippen molar-refractivity contribution in [3.63, 3.8) is 0 Å². The topological polar surface area (TPSA) is 64.6 Å². The van der Waals surface area contributed by atoms with Crippen molar-refractivity contribution in [1.82, 2.24) is 10.2 Å². The second-order valence-corrected chi connectivity index (χ2v) is 5.23. The van der Waals surface area contributed by atoms with Crippen molar-refractivity contribution in [2.75, 3.05) is 39.0 Å². The molecule has 0 spiro atoms. The van der Waals surface area contributed by atoms with Crippen LogP contribution in [0.3, 0.4) is 0 Å². The molecule has 1 atom stereocenters. The van der Waals surface area contributed by atoms with Gasteiger partial charge in [0.2, 0.25) is 5.91 Å². The van der Waals surface area contributed by atoms with Gasteiger partial charge in [-0.05, 0) is 33.2 Å². The van der Waals surface area contributed by atoms with Crippen molar-refractivity contribution < 1.29 is 9.90 Å². The van der Waals surface area contributed by atoms with Crippen LogP contribution in [0, 0.1) is 0 Å². The van der Waals surface area contributed by atoms with Gasteiger partial charge in [0.25, 0.3) is 0 Å². The standard InChI is InChI=1S/C14H23N3O2/c1-14(19,11-17(2)3)10-16-13(18)9-15-12-7-5-4-6-8-12/h4-8,15,19H,9-11H2,1-3H3,(H,16,18). The molecule has 0 saturated carbocycles. The zero-order chi connectivity index (χ0) is 14.3. The van der Waals surface area contributed by atoms with Crippen molar-refractivity contribution >= 4 is 11.6 Å². The van der Waals surface area contributed by atoms with Crippen LogP contribution in [0.15, 0.2) is 30.3 Å². The van der Waals surface area contributed by atoms with Crippen LogP contribution < -0.4 is 10.6 Å². The van der Waals surface area contributed by atoms with Gasteiger partial charge in [-0.3, -0.25) is 4.79 Å². The average Bonchev–Trinajstić information content (AvgIpc) is 2.34. The minimum Gasteiger partial charge on any atom is -0.387 e. The largest absolute Gasteiger partial charge is 0.387 e. The van der Waals surface area contributed by atoms with E-state index in [9.17, 15) is 9.90 Å². The molecule has 1 aromatic carbocycles. The van der Waals surface area contributed by atoms with Crippen molar-refractivity contribution in [2.24, 2.45) is 0 Å². The number of para-hydroxylation sites is 1. The molecule has 0 aliphatic heterocycles. The first-order chi connectivity index (χ1) is 8.89. The maximum absolute atomic E-state index is 11.7. The maximum Gasteiger partial charge on any atom is 0.239 e. The number of benzene rings is 1. The Kier molecular flexibility index (Phi) is 5.79. The number of hydrogen-bond acceptors (Lipinski definition) is 4. The molecule has 1 rings (SSSR count). The smallest absolute Gasteiger partial charge is 0.239 e. The van der Waals surface area contributed by atoms with E-state index in [1.54, 1.807) is 6.92 Å². The van der Waals surface area contributed by atoms with E-state index in [4.69, 9.17) is 0 Å². The minimum absolute atomic E-state index is 0.136. The van der Waals surface area contributed by atoms with Gasteiger partial charge in [0.05, 0.1) is 12.1 Å². The van der Waals surface area contributed by atoms with Gasteiger partial charge in [0.1, 0.15) is 0 Å². The second kappa shape index (κ2) is 7.11. The van der Waals surface area contributed by atoms with Gasteiger partial charge >= 0.3 is 0 Å². The lowest BCUT2D eigenvalue weighted by atomic mass is 10.1. The lowest BCUT2D eigenvalue weighted by Crippen LogP contribution is -2.48. The minimum atomic E-state index is -0.925. The van der Waals surface area contributed by atoms with Gasteiger partial charge in [-0.15, -0.1) is 0 Å². The summed E-state index contributed by atoms with van der Waals surface area (Å²) in [6.45, 7) is 2.64. The Balaban J connectivity index is 2.28. The molecule has 1 aromatic rings. The first kappa shape index (κ1) is 15.5. The fourth-order valence-electron chi connectivity index (χ4n) is 1.83. The summed E-state index contributed by atoms with van der Waals surface area (Å²) in [6.07, 6.45) is 0. The Morgan fingerprint density at radius 2 is 1.95 bits per heavy atom. The molecule has 0 aliphatic rings. The van der Waals surface area contributed by atoms with Gasteiger partial charge < -0.3 is 20.6 Å². The van der Waals surface area contributed by atoms with E-state index in [0.29, 0.717) is 6.54 Å². The molecule has 0 aromatic heterocycles. The van der Waals surface area contributed by atoms with Crippen LogP contribution >= 0.6 is 0 Å². The van der Waals surface area contributed by atoms with E-state index in [2.05, 4.69) is 10.6 Å². The number of likely N-dealkylation sites (N-methyl/N-ethyl adjacent to an activating group) is 1. The highest BCUT2D eigenvalue weighted by atomic mass is 16.3. The zero-order valence-corrected chi connectivity index (χ0v) is 11.8. The van der Waals surface area contributed by atoms with E-state index in [0.717, 1.165) is 5.69 Å². The van der Waals surface area contributed by atoms with Gasteiger partial charge in [0.15, 0.2) is 0 Å². The molecule has 0 radical (unpaired) electrons. The van der Waals surface area contributed by atoms with E-state index < -0.39 is 5.60 Å². The van der Waals surface area contributed by atoms with Crippen molar-refractivity contribution in [3.8, 4) is 0 Å². The molecular formula is C14H23N3O2. The van der Waals surface area contributed by atoms with E-state index in [1.807, 2.05) is 49.3 Å². The summed E-state index contributed by atoms with van der Waals surface area (Å²) in [5.74, 6) is -0.136. The van der Waals surface area contributed by atoms with Crippen molar-refractivity contribution in [3.05, 3.63) is 30.3 Å². The summed E-state index contributed by atoms with van der Waals surface area (Å²) < 4.78 is 0. The van der Waals surface area contributed by atoms with Crippen LogP contribution in [-0.2, 0) is 4.79 Å². The third-order valence-corrected chi connectivity index (χ3v) is 2.55. The van der Waals surface area contributed by atoms with E-state index in [-0.39, 0.29) is 19.0 Å². The number of anilines is 1. The highest BCUT2D eigenvalue weighted by Gasteiger charge is 2.21. The average molecular weight is 265 g/mol. The van der Waals surface area contributed by atoms with Gasteiger partial charge in [-0.1, -0.05) is 18.2 Å². The normalized spacial score (nSPS) is 13.9. The molecule has 106 valence electrons. The Morgan fingerprint density at radius 1 is 1.32 bits per heavy atom. The fraction of sp³-hybridized carbons (Fsp3) is 0.500. The first-order valence-electron chi connectivity index (χ1n) is 6.32. The number of amides is 1. The summed E-state index contributed by atoms with van der Waals surface area (Å²) >= 11 is 0. The Hall–Kier alpha value is -1.59. The lowest BCUT2D eigenvalue weighted by molar-refractivity contribution is -0.120. The highest BCUT2D eigenvalue weighted by molar-refractivity contribution is 5.80. The van der Waals surface area contributed by atoms with Gasteiger partial charge in [0, 0.05) is 18.8 Å². The summed E-state index contributed by atoms with van der Waals surface area (Å²) in [6, 6.07) is 9.53. The Morgan fingerprint density at radius 3 is 2.53 bits per heavy atom. The Bertz CT molecular complexity index is 391.